The molecule has 1 saturated heterocycles. The van der Waals surface area contributed by atoms with Gasteiger partial charge >= 0.3 is 11.9 Å². The molecule has 0 aliphatic carbocycles. The molecule has 1 fully saturated rings. The van der Waals surface area contributed by atoms with Crippen molar-refractivity contribution >= 4 is 17.6 Å². The van der Waals surface area contributed by atoms with E-state index in [4.69, 9.17) is 34.0 Å². The molecule has 0 amide bonds. The van der Waals surface area contributed by atoms with E-state index in [9.17, 15) is 10.1 Å². The van der Waals surface area contributed by atoms with Gasteiger partial charge < -0.3 is 24.4 Å². The molecule has 2 aliphatic rings. The fraction of sp³-hybridized carbons (Fsp3) is 0.364. The van der Waals surface area contributed by atoms with E-state index in [1.807, 2.05) is 18.2 Å². The Kier molecular flexibility index (Phi) is 8.22. The van der Waals surface area contributed by atoms with Crippen molar-refractivity contribution in [1.29, 1.82) is 0 Å². The van der Waals surface area contributed by atoms with Crippen molar-refractivity contribution in [3.05, 3.63) is 57.6 Å². The molecule has 2 N–H and O–H groups in total. The molecule has 0 unspecified atom stereocenters. The highest BCUT2D eigenvalue weighted by Gasteiger charge is 2.22. The molecule has 34 heavy (non-hydrogen) atoms. The summed E-state index contributed by atoms with van der Waals surface area (Å²) < 4.78 is 16.4. The third kappa shape index (κ3) is 6.56. The Balaban J connectivity index is 0.000000481. The average Bonchev–Trinajstić information content (AvgIpc) is 3.29. The van der Waals surface area contributed by atoms with Crippen LogP contribution in [-0.2, 0) is 22.7 Å². The predicted molar refractivity (Wildman–Crippen MR) is 118 cm³/mol. The van der Waals surface area contributed by atoms with E-state index in [2.05, 4.69) is 9.80 Å². The number of non-ortho nitro benzene ring substituents is 1. The van der Waals surface area contributed by atoms with Gasteiger partial charge in [0.25, 0.3) is 5.69 Å². The molecule has 0 saturated carbocycles. The molecule has 182 valence electrons. The molecule has 0 aromatic heterocycles. The highest BCUT2D eigenvalue weighted by molar-refractivity contribution is 6.27. The van der Waals surface area contributed by atoms with Crippen molar-refractivity contribution in [3.8, 4) is 17.2 Å². The maximum Gasteiger partial charge on any atom is 0.414 e. The number of rotatable bonds is 6. The molecular formula is C22H25N3O9. The van der Waals surface area contributed by atoms with Crippen LogP contribution in [0.15, 0.2) is 36.4 Å². The van der Waals surface area contributed by atoms with E-state index in [0.29, 0.717) is 11.5 Å². The first kappa shape index (κ1) is 24.7. The van der Waals surface area contributed by atoms with E-state index in [1.54, 1.807) is 19.2 Å². The van der Waals surface area contributed by atoms with Crippen molar-refractivity contribution in [2.75, 3.05) is 40.1 Å². The summed E-state index contributed by atoms with van der Waals surface area (Å²) in [6.07, 6.45) is 0. The summed E-state index contributed by atoms with van der Waals surface area (Å²) in [6.45, 7) is 5.49. The van der Waals surface area contributed by atoms with Gasteiger partial charge in [-0.25, -0.2) is 9.59 Å². The lowest BCUT2D eigenvalue weighted by molar-refractivity contribution is -0.384. The Morgan fingerprint density at radius 3 is 2.18 bits per heavy atom. The van der Waals surface area contributed by atoms with Crippen molar-refractivity contribution in [2.24, 2.45) is 0 Å². The maximum absolute atomic E-state index is 10.9. The van der Waals surface area contributed by atoms with Crippen molar-refractivity contribution in [1.82, 2.24) is 9.80 Å². The Bertz CT molecular complexity index is 1040. The average molecular weight is 475 g/mol. The van der Waals surface area contributed by atoms with Crippen LogP contribution < -0.4 is 14.2 Å². The standard InChI is InChI=1S/C20H23N3O5.C2H2O4/c1-26-18-10-16(11-19-20(18)28-14-27-19)13-22-7-5-21(6-8-22)12-15-3-2-4-17(9-15)23(24)25;3-1(4)2(5)6/h2-4,9-11H,5-8,12-14H2,1H3;(H,3,4)(H,5,6). The van der Waals surface area contributed by atoms with Gasteiger partial charge in [-0.15, -0.1) is 0 Å². The van der Waals surface area contributed by atoms with Crippen LogP contribution in [0.25, 0.3) is 0 Å². The lowest BCUT2D eigenvalue weighted by atomic mass is 10.1. The molecule has 2 aromatic carbocycles. The normalized spacial score (nSPS) is 15.2. The van der Waals surface area contributed by atoms with Crippen LogP contribution in [0.5, 0.6) is 17.2 Å². The van der Waals surface area contributed by atoms with Gasteiger partial charge in [-0.05, 0) is 23.3 Å². The molecular weight excluding hydrogens is 450 g/mol. The zero-order valence-electron chi connectivity index (χ0n) is 18.5. The number of carboxylic acid groups (broad SMARTS) is 2. The molecule has 0 spiro atoms. The minimum absolute atomic E-state index is 0.146. The number of nitrogens with zero attached hydrogens (tertiary/aromatic N) is 3. The lowest BCUT2D eigenvalue weighted by Crippen LogP contribution is -2.45. The third-order valence-corrected chi connectivity index (χ3v) is 5.30. The lowest BCUT2D eigenvalue weighted by Gasteiger charge is -2.34. The van der Waals surface area contributed by atoms with E-state index >= 15 is 0 Å². The number of benzene rings is 2. The van der Waals surface area contributed by atoms with Crippen LogP contribution in [0, 0.1) is 10.1 Å². The van der Waals surface area contributed by atoms with Crippen molar-refractivity contribution in [2.45, 2.75) is 13.1 Å². The molecule has 0 atom stereocenters. The molecule has 2 heterocycles. The Labute approximate surface area is 195 Å². The monoisotopic (exact) mass is 475 g/mol. The van der Waals surface area contributed by atoms with Gasteiger partial charge in [0, 0.05) is 51.4 Å². The van der Waals surface area contributed by atoms with Gasteiger partial charge in [0.15, 0.2) is 11.5 Å². The number of methoxy groups -OCH3 is 1. The molecule has 2 aliphatic heterocycles. The number of hydrogen-bond donors (Lipinski definition) is 2. The van der Waals surface area contributed by atoms with Crippen LogP contribution in [0.1, 0.15) is 11.1 Å². The zero-order valence-corrected chi connectivity index (χ0v) is 18.5. The Hall–Kier alpha value is -3.90. The number of fused-ring (bicyclic) bond motifs is 1. The molecule has 2 aromatic rings. The number of nitro benzene ring substituents is 1. The highest BCUT2D eigenvalue weighted by atomic mass is 16.7. The van der Waals surface area contributed by atoms with E-state index in [1.165, 1.54) is 6.07 Å². The fourth-order valence-electron chi connectivity index (χ4n) is 3.67. The molecule has 0 bridgehead atoms. The number of carboxylic acids is 2. The second kappa shape index (κ2) is 11.3. The summed E-state index contributed by atoms with van der Waals surface area (Å²) in [6, 6.07) is 10.9. The first-order valence-electron chi connectivity index (χ1n) is 10.4. The topological polar surface area (TPSA) is 152 Å². The number of carbonyl (C=O) groups is 2. The van der Waals surface area contributed by atoms with Crippen LogP contribution in [0.4, 0.5) is 5.69 Å². The summed E-state index contributed by atoms with van der Waals surface area (Å²) in [5, 5.41) is 25.7. The highest BCUT2D eigenvalue weighted by Crippen LogP contribution is 2.42. The van der Waals surface area contributed by atoms with E-state index < -0.39 is 11.9 Å². The van der Waals surface area contributed by atoms with E-state index in [-0.39, 0.29) is 17.4 Å². The molecule has 12 nitrogen and oxygen atoms in total. The second-order valence-electron chi connectivity index (χ2n) is 7.62. The molecule has 4 rings (SSSR count). The van der Waals surface area contributed by atoms with Crippen LogP contribution in [-0.4, -0.2) is 77.0 Å². The van der Waals surface area contributed by atoms with Gasteiger partial charge in [0.05, 0.1) is 12.0 Å². The van der Waals surface area contributed by atoms with Gasteiger partial charge in [-0.2, -0.15) is 0 Å². The SMILES string of the molecule is COc1cc(CN2CCN(Cc3cccc([N+](=O)[O-])c3)CC2)cc2c1OCO2.O=C(O)C(=O)O. The van der Waals surface area contributed by atoms with Gasteiger partial charge in [-0.1, -0.05) is 12.1 Å². The smallest absolute Gasteiger partial charge is 0.414 e. The molecule has 0 radical (unpaired) electrons. The minimum atomic E-state index is -1.82. The summed E-state index contributed by atoms with van der Waals surface area (Å²) in [5.41, 5.74) is 2.25. The Morgan fingerprint density at radius 1 is 1.00 bits per heavy atom. The summed E-state index contributed by atoms with van der Waals surface area (Å²) in [7, 11) is 1.63. The van der Waals surface area contributed by atoms with Crippen molar-refractivity contribution in [3.63, 3.8) is 0 Å². The summed E-state index contributed by atoms with van der Waals surface area (Å²) >= 11 is 0. The first-order chi connectivity index (χ1) is 16.3. The number of ether oxygens (including phenoxy) is 3. The summed E-state index contributed by atoms with van der Waals surface area (Å²) in [5.74, 6) is -1.54. The zero-order chi connectivity index (χ0) is 24.7. The van der Waals surface area contributed by atoms with Gasteiger partial charge in [0.2, 0.25) is 12.5 Å². The molecule has 12 heteroatoms. The van der Waals surface area contributed by atoms with Crippen molar-refractivity contribution < 1.29 is 38.9 Å². The minimum Gasteiger partial charge on any atom is -0.493 e. The number of piperazine rings is 1. The Morgan fingerprint density at radius 2 is 1.62 bits per heavy atom. The number of nitro groups is 1. The maximum atomic E-state index is 10.9. The van der Waals surface area contributed by atoms with Gasteiger partial charge in [-0.3, -0.25) is 19.9 Å². The predicted octanol–water partition coefficient (Wildman–Crippen LogP) is 1.81. The second-order valence-corrected chi connectivity index (χ2v) is 7.62. The van der Waals surface area contributed by atoms with E-state index in [0.717, 1.165) is 56.1 Å². The van der Waals surface area contributed by atoms with Crippen LogP contribution in [0.3, 0.4) is 0 Å². The third-order valence-electron chi connectivity index (χ3n) is 5.30. The first-order valence-corrected chi connectivity index (χ1v) is 10.4. The number of aliphatic carboxylic acids is 2. The quantitative estimate of drug-likeness (QED) is 0.357. The van der Waals surface area contributed by atoms with Crippen LogP contribution >= 0.6 is 0 Å². The fourth-order valence-corrected chi connectivity index (χ4v) is 3.67. The number of hydrogen-bond acceptors (Lipinski definition) is 9. The van der Waals surface area contributed by atoms with Gasteiger partial charge in [0.1, 0.15) is 0 Å². The van der Waals surface area contributed by atoms with Crippen LogP contribution in [0.2, 0.25) is 0 Å². The summed E-state index contributed by atoms with van der Waals surface area (Å²) in [4.78, 5) is 33.5. The largest absolute Gasteiger partial charge is 0.493 e.